The minimum absolute atomic E-state index is 0.0597. The van der Waals surface area contributed by atoms with Gasteiger partial charge in [0.15, 0.2) is 0 Å². The maximum Gasteiger partial charge on any atom is 0.340 e. The van der Waals surface area contributed by atoms with Crippen LogP contribution in [0.5, 0.6) is 5.75 Å². The topological polar surface area (TPSA) is 81.7 Å². The Bertz CT molecular complexity index is 851. The molecule has 2 rings (SSSR count). The Hall–Kier alpha value is -2.25. The molecule has 0 aromatic heterocycles. The Morgan fingerprint density at radius 2 is 1.92 bits per heavy atom. The first-order valence-electron chi connectivity index (χ1n) is 6.86. The molecule has 0 fully saturated rings. The first kappa shape index (κ1) is 18.1. The van der Waals surface area contributed by atoms with E-state index < -0.39 is 16.0 Å². The van der Waals surface area contributed by atoms with Crippen molar-refractivity contribution in [3.8, 4) is 5.75 Å². The number of hydrogen-bond acceptors (Lipinski definition) is 5. The summed E-state index contributed by atoms with van der Waals surface area (Å²) in [5.74, 6) is -0.126. The minimum atomic E-state index is -3.51. The second-order valence-electron chi connectivity index (χ2n) is 4.95. The number of para-hydroxylation sites is 1. The summed E-state index contributed by atoms with van der Waals surface area (Å²) < 4.78 is 35.5. The van der Waals surface area contributed by atoms with Crippen molar-refractivity contribution < 1.29 is 22.7 Å². The summed E-state index contributed by atoms with van der Waals surface area (Å²) in [5, 5.41) is 0.487. The van der Waals surface area contributed by atoms with E-state index in [1.807, 2.05) is 0 Å². The van der Waals surface area contributed by atoms with Gasteiger partial charge in [0, 0.05) is 10.6 Å². The first-order chi connectivity index (χ1) is 11.3. The lowest BCUT2D eigenvalue weighted by Crippen LogP contribution is -2.14. The number of anilines is 1. The van der Waals surface area contributed by atoms with Crippen molar-refractivity contribution in [3.63, 3.8) is 0 Å². The smallest absolute Gasteiger partial charge is 0.340 e. The molecule has 1 N–H and O–H groups in total. The standard InChI is InChI=1S/C16H16ClNO5S/c1-22-15-8-7-12(17)9-11(15)10-23-16(19)13-5-3-4-6-14(13)18-24(2,20)21/h3-9,18H,10H2,1-2H3. The van der Waals surface area contributed by atoms with Crippen molar-refractivity contribution in [2.24, 2.45) is 0 Å². The largest absolute Gasteiger partial charge is 0.496 e. The minimum Gasteiger partial charge on any atom is -0.496 e. The number of nitrogens with one attached hydrogen (secondary N) is 1. The highest BCUT2D eigenvalue weighted by atomic mass is 35.5. The van der Waals surface area contributed by atoms with Crippen molar-refractivity contribution in [2.45, 2.75) is 6.61 Å². The zero-order valence-corrected chi connectivity index (χ0v) is 14.6. The van der Waals surface area contributed by atoms with E-state index in [9.17, 15) is 13.2 Å². The van der Waals surface area contributed by atoms with Crippen LogP contribution in [0.1, 0.15) is 15.9 Å². The summed E-state index contributed by atoms with van der Waals surface area (Å²) in [6.07, 6.45) is 1.01. The van der Waals surface area contributed by atoms with Gasteiger partial charge < -0.3 is 9.47 Å². The third kappa shape index (κ3) is 4.87. The molecular weight excluding hydrogens is 354 g/mol. The highest BCUT2D eigenvalue weighted by Gasteiger charge is 2.16. The van der Waals surface area contributed by atoms with Gasteiger partial charge >= 0.3 is 5.97 Å². The molecule has 24 heavy (non-hydrogen) atoms. The van der Waals surface area contributed by atoms with Gasteiger partial charge in [-0.1, -0.05) is 23.7 Å². The maximum atomic E-state index is 12.3. The fraction of sp³-hybridized carbons (Fsp3) is 0.188. The summed E-state index contributed by atoms with van der Waals surface area (Å²) in [5.41, 5.74) is 0.874. The van der Waals surface area contributed by atoms with Crippen LogP contribution in [0.15, 0.2) is 42.5 Å². The number of rotatable bonds is 6. The van der Waals surface area contributed by atoms with Crippen molar-refractivity contribution in [3.05, 3.63) is 58.6 Å². The Kier molecular flexibility index (Phi) is 5.69. The Morgan fingerprint density at radius 1 is 1.21 bits per heavy atom. The molecule has 6 nitrogen and oxygen atoms in total. The monoisotopic (exact) mass is 369 g/mol. The molecule has 0 spiro atoms. The molecular formula is C16H16ClNO5S. The molecule has 128 valence electrons. The van der Waals surface area contributed by atoms with Crippen molar-refractivity contribution in [1.82, 2.24) is 0 Å². The summed E-state index contributed by atoms with van der Waals surface area (Å²) >= 11 is 5.93. The zero-order chi connectivity index (χ0) is 17.7. The summed E-state index contributed by atoms with van der Waals surface area (Å²) in [6, 6.07) is 11.2. The van der Waals surface area contributed by atoms with Crippen LogP contribution in [0.2, 0.25) is 5.02 Å². The van der Waals surface area contributed by atoms with Gasteiger partial charge in [0.2, 0.25) is 10.0 Å². The molecule has 0 radical (unpaired) electrons. The summed E-state index contributed by atoms with van der Waals surface area (Å²) in [4.78, 5) is 12.3. The van der Waals surface area contributed by atoms with Gasteiger partial charge in [-0.05, 0) is 30.3 Å². The van der Waals surface area contributed by atoms with Gasteiger partial charge in [-0.15, -0.1) is 0 Å². The van der Waals surface area contributed by atoms with Gasteiger partial charge in [-0.25, -0.2) is 13.2 Å². The molecule has 0 amide bonds. The fourth-order valence-electron chi connectivity index (χ4n) is 2.03. The number of carbonyl (C=O) groups excluding carboxylic acids is 1. The van der Waals surface area contributed by atoms with Crippen LogP contribution in [0.3, 0.4) is 0 Å². The van der Waals surface area contributed by atoms with Crippen LogP contribution in [0, 0.1) is 0 Å². The van der Waals surface area contributed by atoms with Crippen molar-refractivity contribution in [2.75, 3.05) is 18.1 Å². The molecule has 0 bridgehead atoms. The number of methoxy groups -OCH3 is 1. The first-order valence-corrected chi connectivity index (χ1v) is 9.13. The van der Waals surface area contributed by atoms with E-state index in [2.05, 4.69) is 4.72 Å². The normalized spacial score (nSPS) is 11.0. The van der Waals surface area contributed by atoms with Crippen LogP contribution in [-0.4, -0.2) is 27.8 Å². The molecule has 8 heteroatoms. The van der Waals surface area contributed by atoms with E-state index in [0.29, 0.717) is 16.3 Å². The number of hydrogen-bond donors (Lipinski definition) is 1. The highest BCUT2D eigenvalue weighted by Crippen LogP contribution is 2.24. The van der Waals surface area contributed by atoms with Gasteiger partial charge in [0.1, 0.15) is 12.4 Å². The van der Waals surface area contributed by atoms with Crippen LogP contribution >= 0.6 is 11.6 Å². The van der Waals surface area contributed by atoms with E-state index in [1.54, 1.807) is 30.3 Å². The molecule has 0 heterocycles. The molecule has 2 aromatic rings. The average molecular weight is 370 g/mol. The highest BCUT2D eigenvalue weighted by molar-refractivity contribution is 7.92. The van der Waals surface area contributed by atoms with E-state index >= 15 is 0 Å². The third-order valence-electron chi connectivity index (χ3n) is 3.04. The Labute approximate surface area is 145 Å². The third-order valence-corrected chi connectivity index (χ3v) is 3.87. The van der Waals surface area contributed by atoms with E-state index in [-0.39, 0.29) is 17.9 Å². The van der Waals surface area contributed by atoms with Crippen molar-refractivity contribution in [1.29, 1.82) is 0 Å². The second kappa shape index (κ2) is 7.55. The number of esters is 1. The molecule has 0 atom stereocenters. The Morgan fingerprint density at radius 3 is 2.58 bits per heavy atom. The van der Waals surface area contributed by atoms with E-state index in [1.165, 1.54) is 19.2 Å². The SMILES string of the molecule is COc1ccc(Cl)cc1COC(=O)c1ccccc1NS(C)(=O)=O. The maximum absolute atomic E-state index is 12.3. The summed E-state index contributed by atoms with van der Waals surface area (Å²) in [6.45, 7) is -0.0597. The molecule has 0 aliphatic carbocycles. The molecule has 0 aliphatic rings. The summed E-state index contributed by atoms with van der Waals surface area (Å²) in [7, 11) is -2.01. The van der Waals surface area contributed by atoms with Gasteiger partial charge in [0.25, 0.3) is 0 Å². The molecule has 0 unspecified atom stereocenters. The van der Waals surface area contributed by atoms with E-state index in [0.717, 1.165) is 6.26 Å². The number of carbonyl (C=O) groups is 1. The molecule has 0 aliphatic heterocycles. The van der Waals surface area contributed by atoms with Crippen LogP contribution in [0.25, 0.3) is 0 Å². The second-order valence-corrected chi connectivity index (χ2v) is 7.14. The van der Waals surface area contributed by atoms with Crippen LogP contribution in [-0.2, 0) is 21.4 Å². The fourth-order valence-corrected chi connectivity index (χ4v) is 2.80. The van der Waals surface area contributed by atoms with Gasteiger partial charge in [-0.3, -0.25) is 4.72 Å². The van der Waals surface area contributed by atoms with Crippen molar-refractivity contribution >= 4 is 33.3 Å². The van der Waals surface area contributed by atoms with E-state index in [4.69, 9.17) is 21.1 Å². The lowest BCUT2D eigenvalue weighted by molar-refractivity contribution is 0.0471. The van der Waals surface area contributed by atoms with Crippen LogP contribution < -0.4 is 9.46 Å². The predicted molar refractivity (Wildman–Crippen MR) is 92.0 cm³/mol. The average Bonchev–Trinajstić information content (AvgIpc) is 2.51. The van der Waals surface area contributed by atoms with Crippen LogP contribution in [0.4, 0.5) is 5.69 Å². The number of sulfonamides is 1. The quantitative estimate of drug-likeness (QED) is 0.791. The van der Waals surface area contributed by atoms with Gasteiger partial charge in [0.05, 0.1) is 24.6 Å². The Balaban J connectivity index is 2.18. The lowest BCUT2D eigenvalue weighted by Gasteiger charge is -2.12. The molecule has 2 aromatic carbocycles. The van der Waals surface area contributed by atoms with Gasteiger partial charge in [-0.2, -0.15) is 0 Å². The number of benzene rings is 2. The number of halogens is 1. The zero-order valence-electron chi connectivity index (χ0n) is 13.1. The number of ether oxygens (including phenoxy) is 2. The molecule has 0 saturated carbocycles. The predicted octanol–water partition coefficient (Wildman–Crippen LogP) is 3.08. The molecule has 0 saturated heterocycles. The lowest BCUT2D eigenvalue weighted by atomic mass is 10.2.